The Morgan fingerprint density at radius 1 is 1.09 bits per heavy atom. The maximum absolute atomic E-state index is 15.2. The Balaban J connectivity index is 1.64. The maximum atomic E-state index is 15.2. The summed E-state index contributed by atoms with van der Waals surface area (Å²) in [6, 6.07) is -6.15. The van der Waals surface area contributed by atoms with Crippen LogP contribution in [0.15, 0.2) is 11.9 Å². The standard InChI is InChI=1S/C28H36F6N4O6/c1-2-44-25(42)19(29)12-16(11-15-8-9-35-22(15)39)36-23(40)21-18-7-6-17(13-27(18,30)31)38(21)24(41)20(10-14-4-3-5-14)37-26(43)28(32,33)34/h12,14-18,20-21H,2-11,13H2,1H3,(H,35,39)(H,36,40)(H,37,43)/b19-12-/t15-,16+,17+,18+,20-,21-/m0/s1. The number of hydrogen-bond donors (Lipinski definition) is 3. The van der Waals surface area contributed by atoms with Gasteiger partial charge in [-0.25, -0.2) is 13.6 Å². The van der Waals surface area contributed by atoms with Gasteiger partial charge in [-0.15, -0.1) is 0 Å². The normalized spacial score (nSPS) is 28.0. The van der Waals surface area contributed by atoms with Gasteiger partial charge in [0.15, 0.2) is 0 Å². The van der Waals surface area contributed by atoms with Crippen LogP contribution in [0.1, 0.15) is 64.7 Å². The van der Waals surface area contributed by atoms with Crippen LogP contribution in [0, 0.1) is 17.8 Å². The number of nitrogens with one attached hydrogen (secondary N) is 3. The average molecular weight is 639 g/mol. The lowest BCUT2D eigenvalue weighted by Crippen LogP contribution is -2.71. The quantitative estimate of drug-likeness (QED) is 0.181. The van der Waals surface area contributed by atoms with E-state index in [1.165, 1.54) is 6.92 Å². The van der Waals surface area contributed by atoms with E-state index in [0.717, 1.165) is 11.3 Å². The lowest BCUT2D eigenvalue weighted by Gasteiger charge is -2.54. The third kappa shape index (κ3) is 7.48. The van der Waals surface area contributed by atoms with Crippen LogP contribution in [0.3, 0.4) is 0 Å². The Morgan fingerprint density at radius 3 is 2.34 bits per heavy atom. The second-order valence-corrected chi connectivity index (χ2v) is 11.9. The van der Waals surface area contributed by atoms with Crippen molar-refractivity contribution in [2.45, 2.75) is 101 Å². The van der Waals surface area contributed by atoms with Crippen LogP contribution in [-0.4, -0.2) is 83.9 Å². The SMILES string of the molecule is CCOC(=O)/C(F)=C/[C@@H](C[C@@H]1CCNC1=O)NC(=O)[C@@H]1[C@H]2CC[C@H](CC2(F)F)N1C(=O)[C@H](CC1CCC1)NC(=O)C(F)(F)F. The van der Waals surface area contributed by atoms with E-state index in [1.807, 2.05) is 0 Å². The number of nitrogens with zero attached hydrogens (tertiary/aromatic N) is 1. The summed E-state index contributed by atoms with van der Waals surface area (Å²) in [4.78, 5) is 64.4. The predicted molar refractivity (Wildman–Crippen MR) is 140 cm³/mol. The number of piperidine rings is 2. The van der Waals surface area contributed by atoms with Crippen molar-refractivity contribution >= 4 is 29.6 Å². The number of rotatable bonds is 11. The molecule has 0 unspecified atom stereocenters. The molecule has 4 amide bonds. The molecular formula is C28H36F6N4O6. The van der Waals surface area contributed by atoms with Crippen molar-refractivity contribution in [3.05, 3.63) is 11.9 Å². The number of carbonyl (C=O) groups is 5. The van der Waals surface area contributed by atoms with E-state index < -0.39 is 89.9 Å². The fourth-order valence-corrected chi connectivity index (χ4v) is 6.59. The van der Waals surface area contributed by atoms with Crippen molar-refractivity contribution < 1.29 is 55.1 Å². The number of ether oxygens (including phenoxy) is 1. The molecule has 5 aliphatic rings. The van der Waals surface area contributed by atoms with Gasteiger partial charge >= 0.3 is 18.1 Å². The molecule has 246 valence electrons. The highest BCUT2D eigenvalue weighted by Gasteiger charge is 2.61. The highest BCUT2D eigenvalue weighted by molar-refractivity contribution is 5.94. The Morgan fingerprint density at radius 2 is 1.80 bits per heavy atom. The molecule has 3 aliphatic heterocycles. The third-order valence-electron chi connectivity index (χ3n) is 8.96. The number of halogens is 6. The third-order valence-corrected chi connectivity index (χ3v) is 8.96. The fourth-order valence-electron chi connectivity index (χ4n) is 6.59. The Labute approximate surface area is 249 Å². The molecule has 2 saturated carbocycles. The lowest BCUT2D eigenvalue weighted by molar-refractivity contribution is -0.196. The number of carbonyl (C=O) groups excluding carboxylic acids is 5. The molecule has 3 saturated heterocycles. The second-order valence-electron chi connectivity index (χ2n) is 11.9. The minimum Gasteiger partial charge on any atom is -0.461 e. The minimum absolute atomic E-state index is 0.0577. The average Bonchev–Trinajstić information content (AvgIpc) is 3.31. The molecule has 0 aromatic rings. The van der Waals surface area contributed by atoms with Crippen molar-refractivity contribution in [3.8, 4) is 0 Å². The zero-order valence-electron chi connectivity index (χ0n) is 24.1. The highest BCUT2D eigenvalue weighted by atomic mass is 19.4. The van der Waals surface area contributed by atoms with E-state index in [1.54, 1.807) is 5.32 Å². The van der Waals surface area contributed by atoms with E-state index in [4.69, 9.17) is 0 Å². The number of alkyl halides is 5. The van der Waals surface area contributed by atoms with Gasteiger partial charge in [0.2, 0.25) is 23.5 Å². The topological polar surface area (TPSA) is 134 Å². The van der Waals surface area contributed by atoms with Crippen molar-refractivity contribution in [1.29, 1.82) is 0 Å². The smallest absolute Gasteiger partial charge is 0.461 e. The van der Waals surface area contributed by atoms with Gasteiger partial charge < -0.3 is 25.6 Å². The first kappa shape index (κ1) is 33.6. The van der Waals surface area contributed by atoms with E-state index in [-0.39, 0.29) is 38.2 Å². The first-order valence-corrected chi connectivity index (χ1v) is 14.8. The van der Waals surface area contributed by atoms with Gasteiger partial charge in [0.25, 0.3) is 5.92 Å². The minimum atomic E-state index is -5.31. The molecule has 0 radical (unpaired) electrons. The van der Waals surface area contributed by atoms with Crippen LogP contribution in [0.4, 0.5) is 26.3 Å². The lowest BCUT2D eigenvalue weighted by atomic mass is 9.71. The van der Waals surface area contributed by atoms with E-state index >= 15 is 8.78 Å². The monoisotopic (exact) mass is 638 g/mol. The van der Waals surface area contributed by atoms with Crippen molar-refractivity contribution in [3.63, 3.8) is 0 Å². The molecule has 44 heavy (non-hydrogen) atoms. The van der Waals surface area contributed by atoms with Crippen LogP contribution in [-0.2, 0) is 28.7 Å². The van der Waals surface area contributed by atoms with Gasteiger partial charge in [0.1, 0.15) is 12.1 Å². The molecule has 5 fully saturated rings. The zero-order chi connectivity index (χ0) is 32.4. The summed E-state index contributed by atoms with van der Waals surface area (Å²) in [5.74, 6) is -13.7. The molecular weight excluding hydrogens is 602 g/mol. The fraction of sp³-hybridized carbons (Fsp3) is 0.750. The number of amides is 4. The van der Waals surface area contributed by atoms with E-state index in [9.17, 15) is 41.5 Å². The van der Waals surface area contributed by atoms with Gasteiger partial charge in [0.05, 0.1) is 18.6 Å². The summed E-state index contributed by atoms with van der Waals surface area (Å²) >= 11 is 0. The number of fused-ring (bicyclic) bond motifs is 3. The molecule has 3 N–H and O–H groups in total. The highest BCUT2D eigenvalue weighted by Crippen LogP contribution is 2.49. The second kappa shape index (κ2) is 13.3. The first-order valence-electron chi connectivity index (χ1n) is 14.8. The summed E-state index contributed by atoms with van der Waals surface area (Å²) in [6.45, 7) is 1.58. The largest absolute Gasteiger partial charge is 0.471 e. The molecule has 2 aliphatic carbocycles. The molecule has 0 aromatic heterocycles. The number of esters is 1. The Bertz CT molecular complexity index is 1180. The Hall–Kier alpha value is -3.33. The molecule has 5 rings (SSSR count). The molecule has 16 heteroatoms. The van der Waals surface area contributed by atoms with E-state index in [2.05, 4.69) is 15.4 Å². The Kier molecular flexibility index (Phi) is 10.2. The molecule has 10 nitrogen and oxygen atoms in total. The summed E-state index contributed by atoms with van der Waals surface area (Å²) in [5.41, 5.74) is 0. The van der Waals surface area contributed by atoms with Crippen molar-refractivity contribution in [2.24, 2.45) is 17.8 Å². The van der Waals surface area contributed by atoms with Gasteiger partial charge in [-0.2, -0.15) is 17.6 Å². The van der Waals surface area contributed by atoms with Gasteiger partial charge in [-0.05, 0) is 51.0 Å². The van der Waals surface area contributed by atoms with E-state index in [0.29, 0.717) is 31.9 Å². The zero-order valence-corrected chi connectivity index (χ0v) is 24.1. The van der Waals surface area contributed by atoms with Crippen LogP contribution in [0.2, 0.25) is 0 Å². The molecule has 2 bridgehead atoms. The molecule has 0 spiro atoms. The summed E-state index contributed by atoms with van der Waals surface area (Å²) < 4.78 is 89.1. The van der Waals surface area contributed by atoms with Gasteiger partial charge in [-0.1, -0.05) is 19.3 Å². The van der Waals surface area contributed by atoms with Crippen molar-refractivity contribution in [1.82, 2.24) is 20.9 Å². The molecule has 0 aromatic carbocycles. The van der Waals surface area contributed by atoms with Crippen LogP contribution >= 0.6 is 0 Å². The van der Waals surface area contributed by atoms with Crippen LogP contribution in [0.25, 0.3) is 0 Å². The van der Waals surface area contributed by atoms with Gasteiger partial charge in [0, 0.05) is 24.9 Å². The van der Waals surface area contributed by atoms with Crippen molar-refractivity contribution in [2.75, 3.05) is 13.2 Å². The van der Waals surface area contributed by atoms with Crippen LogP contribution < -0.4 is 16.0 Å². The maximum Gasteiger partial charge on any atom is 0.471 e. The predicted octanol–water partition coefficient (Wildman–Crippen LogP) is 2.67. The number of hydrogen-bond acceptors (Lipinski definition) is 6. The summed E-state index contributed by atoms with van der Waals surface area (Å²) in [6.07, 6.45) is -3.60. The summed E-state index contributed by atoms with van der Waals surface area (Å²) in [7, 11) is 0. The van der Waals surface area contributed by atoms with Gasteiger partial charge in [-0.3, -0.25) is 19.2 Å². The molecule has 3 heterocycles. The van der Waals surface area contributed by atoms with Crippen LogP contribution in [0.5, 0.6) is 0 Å². The first-order chi connectivity index (χ1) is 20.6. The summed E-state index contributed by atoms with van der Waals surface area (Å²) in [5, 5.41) is 6.69. The molecule has 6 atom stereocenters.